The van der Waals surface area contributed by atoms with Crippen LogP contribution in [0.3, 0.4) is 0 Å². The van der Waals surface area contributed by atoms with Crippen LogP contribution in [0.15, 0.2) is 67.3 Å². The van der Waals surface area contributed by atoms with Crippen molar-refractivity contribution in [3.05, 3.63) is 78.1 Å². The molecule has 2 aromatic carbocycles. The van der Waals surface area contributed by atoms with E-state index in [4.69, 9.17) is 16.3 Å². The lowest BCUT2D eigenvalue weighted by Gasteiger charge is -2.11. The number of anilines is 4. The van der Waals surface area contributed by atoms with E-state index in [2.05, 4.69) is 30.9 Å². The standard InChI is InChI=1S/C22H20ClN7O2/c1-14-24-9-10-30(14)21-12-20(25-13-26-21)27-15-3-5-16(6-4-15)28-22(31)29-17-7-8-19(32-2)18(23)11-17/h3-13H,1-2H3,(H,25,26,27)(H2,28,29,31). The van der Waals surface area contributed by atoms with Crippen LogP contribution in [-0.2, 0) is 0 Å². The number of ether oxygens (including phenoxy) is 1. The van der Waals surface area contributed by atoms with Crippen LogP contribution >= 0.6 is 11.6 Å². The molecule has 0 radical (unpaired) electrons. The molecule has 3 N–H and O–H groups in total. The maximum Gasteiger partial charge on any atom is 0.323 e. The minimum atomic E-state index is -0.386. The fourth-order valence-electron chi connectivity index (χ4n) is 2.99. The van der Waals surface area contributed by atoms with Crippen molar-refractivity contribution in [2.24, 2.45) is 0 Å². The Morgan fingerprint density at radius 2 is 1.69 bits per heavy atom. The van der Waals surface area contributed by atoms with Gasteiger partial charge in [-0.1, -0.05) is 11.6 Å². The normalized spacial score (nSPS) is 10.5. The number of carbonyl (C=O) groups excluding carboxylic acids is 1. The number of halogens is 1. The summed E-state index contributed by atoms with van der Waals surface area (Å²) in [6.07, 6.45) is 5.05. The number of rotatable bonds is 6. The number of nitrogens with one attached hydrogen (secondary N) is 3. The quantitative estimate of drug-likeness (QED) is 0.381. The Morgan fingerprint density at radius 1 is 0.969 bits per heavy atom. The van der Waals surface area contributed by atoms with Gasteiger partial charge in [-0.15, -0.1) is 0 Å². The number of imidazole rings is 1. The Hall–Kier alpha value is -4.11. The number of urea groups is 1. The molecule has 0 aliphatic rings. The molecule has 0 unspecified atom stereocenters. The summed E-state index contributed by atoms with van der Waals surface area (Å²) in [4.78, 5) is 25.0. The van der Waals surface area contributed by atoms with Gasteiger partial charge < -0.3 is 20.7 Å². The molecule has 0 aliphatic carbocycles. The van der Waals surface area contributed by atoms with Gasteiger partial charge in [0, 0.05) is 35.5 Å². The molecule has 2 aromatic heterocycles. The van der Waals surface area contributed by atoms with E-state index >= 15 is 0 Å². The molecule has 32 heavy (non-hydrogen) atoms. The van der Waals surface area contributed by atoms with Gasteiger partial charge >= 0.3 is 6.03 Å². The number of methoxy groups -OCH3 is 1. The highest BCUT2D eigenvalue weighted by molar-refractivity contribution is 6.32. The van der Waals surface area contributed by atoms with Gasteiger partial charge in [0.2, 0.25) is 0 Å². The lowest BCUT2D eigenvalue weighted by atomic mass is 10.2. The number of aryl methyl sites for hydroxylation is 1. The van der Waals surface area contributed by atoms with Gasteiger partial charge in [0.05, 0.1) is 12.1 Å². The van der Waals surface area contributed by atoms with E-state index in [1.54, 1.807) is 36.5 Å². The number of carbonyl (C=O) groups is 1. The molecule has 0 atom stereocenters. The third-order valence-corrected chi connectivity index (χ3v) is 4.85. The first-order valence-corrected chi connectivity index (χ1v) is 10.0. The average Bonchev–Trinajstić information content (AvgIpc) is 3.21. The van der Waals surface area contributed by atoms with Crippen molar-refractivity contribution >= 4 is 40.5 Å². The number of nitrogens with zero attached hydrogens (tertiary/aromatic N) is 4. The summed E-state index contributed by atoms with van der Waals surface area (Å²) in [5.41, 5.74) is 1.99. The molecule has 2 amide bonds. The number of hydrogen-bond donors (Lipinski definition) is 3. The first-order chi connectivity index (χ1) is 15.5. The van der Waals surface area contributed by atoms with Crippen molar-refractivity contribution in [2.45, 2.75) is 6.92 Å². The van der Waals surface area contributed by atoms with Crippen molar-refractivity contribution in [3.63, 3.8) is 0 Å². The van der Waals surface area contributed by atoms with Crippen LogP contribution in [0.2, 0.25) is 5.02 Å². The second-order valence-corrected chi connectivity index (χ2v) is 7.14. The zero-order chi connectivity index (χ0) is 22.5. The smallest absolute Gasteiger partial charge is 0.323 e. The lowest BCUT2D eigenvalue weighted by molar-refractivity contribution is 0.262. The Kier molecular flexibility index (Phi) is 6.18. The molecule has 4 rings (SSSR count). The number of amides is 2. The average molecular weight is 450 g/mol. The van der Waals surface area contributed by atoms with Gasteiger partial charge in [-0.05, 0) is 49.4 Å². The Labute approximate surface area is 189 Å². The lowest BCUT2D eigenvalue weighted by Crippen LogP contribution is -2.19. The maximum atomic E-state index is 12.3. The van der Waals surface area contributed by atoms with Gasteiger partial charge in [-0.3, -0.25) is 4.57 Å². The Bertz CT molecular complexity index is 1240. The predicted octanol–water partition coefficient (Wildman–Crippen LogP) is 5.02. The summed E-state index contributed by atoms with van der Waals surface area (Å²) in [6.45, 7) is 1.90. The largest absolute Gasteiger partial charge is 0.495 e. The van der Waals surface area contributed by atoms with Crippen LogP contribution in [0.25, 0.3) is 5.82 Å². The number of hydrogen-bond acceptors (Lipinski definition) is 6. The molecule has 4 aromatic rings. The van der Waals surface area contributed by atoms with Gasteiger partial charge in [0.1, 0.15) is 29.5 Å². The van der Waals surface area contributed by atoms with E-state index in [0.29, 0.717) is 33.8 Å². The highest BCUT2D eigenvalue weighted by atomic mass is 35.5. The maximum absolute atomic E-state index is 12.3. The summed E-state index contributed by atoms with van der Waals surface area (Å²) >= 11 is 6.09. The predicted molar refractivity (Wildman–Crippen MR) is 124 cm³/mol. The van der Waals surface area contributed by atoms with Gasteiger partial charge in [0.15, 0.2) is 0 Å². The van der Waals surface area contributed by atoms with Crippen molar-refractivity contribution in [1.29, 1.82) is 0 Å². The fraction of sp³-hybridized carbons (Fsp3) is 0.0909. The topological polar surface area (TPSA) is 106 Å². The molecule has 0 saturated heterocycles. The number of aromatic nitrogens is 4. The second kappa shape index (κ2) is 9.36. The monoisotopic (exact) mass is 449 g/mol. The molecule has 0 bridgehead atoms. The van der Waals surface area contributed by atoms with E-state index in [1.165, 1.54) is 13.4 Å². The molecule has 10 heteroatoms. The zero-order valence-electron chi connectivity index (χ0n) is 17.3. The van der Waals surface area contributed by atoms with Crippen molar-refractivity contribution in [2.75, 3.05) is 23.1 Å². The van der Waals surface area contributed by atoms with Crippen LogP contribution in [0.4, 0.5) is 27.7 Å². The summed E-state index contributed by atoms with van der Waals surface area (Å²) < 4.78 is 6.98. The van der Waals surface area contributed by atoms with Crippen molar-refractivity contribution in [3.8, 4) is 11.6 Å². The molecule has 0 spiro atoms. The first-order valence-electron chi connectivity index (χ1n) is 9.63. The van der Waals surface area contributed by atoms with Gasteiger partial charge in [0.25, 0.3) is 0 Å². The third-order valence-electron chi connectivity index (χ3n) is 4.55. The van der Waals surface area contributed by atoms with E-state index < -0.39 is 0 Å². The highest BCUT2D eigenvalue weighted by Crippen LogP contribution is 2.27. The SMILES string of the molecule is COc1ccc(NC(=O)Nc2ccc(Nc3cc(-n4ccnc4C)ncn3)cc2)cc1Cl. The molecule has 162 valence electrons. The fourth-order valence-corrected chi connectivity index (χ4v) is 3.25. The summed E-state index contributed by atoms with van der Waals surface area (Å²) in [5, 5.41) is 9.14. The van der Waals surface area contributed by atoms with Crippen molar-refractivity contribution < 1.29 is 9.53 Å². The third kappa shape index (κ3) is 4.96. The molecule has 9 nitrogen and oxygen atoms in total. The minimum Gasteiger partial charge on any atom is -0.495 e. The van der Waals surface area contributed by atoms with Crippen molar-refractivity contribution in [1.82, 2.24) is 19.5 Å². The van der Waals surface area contributed by atoms with E-state index in [-0.39, 0.29) is 6.03 Å². The van der Waals surface area contributed by atoms with E-state index in [9.17, 15) is 4.79 Å². The highest BCUT2D eigenvalue weighted by Gasteiger charge is 2.07. The molecule has 0 fully saturated rings. The Morgan fingerprint density at radius 3 is 2.38 bits per heavy atom. The van der Waals surface area contributed by atoms with Gasteiger partial charge in [-0.25, -0.2) is 19.7 Å². The molecular weight excluding hydrogens is 430 g/mol. The summed E-state index contributed by atoms with van der Waals surface area (Å²) in [5.74, 6) is 2.72. The Balaban J connectivity index is 1.38. The summed E-state index contributed by atoms with van der Waals surface area (Å²) in [6, 6.07) is 13.7. The van der Waals surface area contributed by atoms with Crippen LogP contribution in [-0.4, -0.2) is 32.7 Å². The molecule has 2 heterocycles. The van der Waals surface area contributed by atoms with E-state index in [1.807, 2.05) is 35.9 Å². The van der Waals surface area contributed by atoms with Gasteiger partial charge in [-0.2, -0.15) is 0 Å². The summed E-state index contributed by atoms with van der Waals surface area (Å²) in [7, 11) is 1.53. The van der Waals surface area contributed by atoms with Crippen LogP contribution in [0, 0.1) is 6.92 Å². The minimum absolute atomic E-state index is 0.386. The van der Waals surface area contributed by atoms with Crippen LogP contribution in [0.1, 0.15) is 5.82 Å². The first kappa shape index (κ1) is 21.1. The molecule has 0 saturated carbocycles. The number of benzene rings is 2. The molecular formula is C22H20ClN7O2. The van der Waals surface area contributed by atoms with Crippen LogP contribution in [0.5, 0.6) is 5.75 Å². The second-order valence-electron chi connectivity index (χ2n) is 6.74. The van der Waals surface area contributed by atoms with E-state index in [0.717, 1.165) is 11.5 Å². The molecule has 0 aliphatic heterocycles. The zero-order valence-corrected chi connectivity index (χ0v) is 18.1. The van der Waals surface area contributed by atoms with Crippen LogP contribution < -0.4 is 20.7 Å².